The van der Waals surface area contributed by atoms with Gasteiger partial charge in [0.05, 0.1) is 12.2 Å². The van der Waals surface area contributed by atoms with E-state index in [9.17, 15) is 9.59 Å². The molecular formula is C14H22N4O2. The van der Waals surface area contributed by atoms with Crippen molar-refractivity contribution in [3.63, 3.8) is 0 Å². The topological polar surface area (TPSA) is 67.2 Å². The van der Waals surface area contributed by atoms with Crippen molar-refractivity contribution in [3.05, 3.63) is 18.0 Å². The first kappa shape index (κ1) is 14.6. The Kier molecular flexibility index (Phi) is 3.58. The van der Waals surface area contributed by atoms with Crippen molar-refractivity contribution in [2.24, 2.45) is 12.5 Å². The Bertz CT molecular complexity index is 530. The molecule has 1 aromatic heterocycles. The number of hydrogen-bond acceptors (Lipinski definition) is 3. The SMILES string of the molecule is CC1NC(=O)C(C(C)(C)C)N(Cc2ccn(C)n2)C1=O. The van der Waals surface area contributed by atoms with E-state index in [1.165, 1.54) is 0 Å². The van der Waals surface area contributed by atoms with Gasteiger partial charge in [-0.3, -0.25) is 14.3 Å². The maximum Gasteiger partial charge on any atom is 0.245 e. The van der Waals surface area contributed by atoms with Gasteiger partial charge >= 0.3 is 0 Å². The van der Waals surface area contributed by atoms with Gasteiger partial charge in [0.2, 0.25) is 11.8 Å². The number of aromatic nitrogens is 2. The fraction of sp³-hybridized carbons (Fsp3) is 0.643. The molecule has 0 saturated carbocycles. The first-order valence-corrected chi connectivity index (χ1v) is 6.79. The second kappa shape index (κ2) is 4.92. The number of aryl methyl sites for hydroxylation is 1. The highest BCUT2D eigenvalue weighted by Gasteiger charge is 2.44. The van der Waals surface area contributed by atoms with Gasteiger partial charge in [-0.15, -0.1) is 0 Å². The highest BCUT2D eigenvalue weighted by atomic mass is 16.2. The molecule has 0 spiro atoms. The zero-order chi connectivity index (χ0) is 15.1. The van der Waals surface area contributed by atoms with Gasteiger partial charge < -0.3 is 10.2 Å². The predicted molar refractivity (Wildman–Crippen MR) is 74.6 cm³/mol. The molecule has 6 nitrogen and oxygen atoms in total. The van der Waals surface area contributed by atoms with Crippen LogP contribution in [-0.4, -0.2) is 38.6 Å². The number of rotatable bonds is 2. The summed E-state index contributed by atoms with van der Waals surface area (Å²) in [6.07, 6.45) is 1.83. The standard InChI is InChI=1S/C14H22N4O2/c1-9-13(20)18(8-10-6-7-17(5)16-10)11(12(19)15-9)14(2,3)4/h6-7,9,11H,8H2,1-5H3,(H,15,19). The second-order valence-electron chi connectivity index (χ2n) is 6.45. The monoisotopic (exact) mass is 278 g/mol. The van der Waals surface area contributed by atoms with Crippen LogP contribution in [-0.2, 0) is 23.2 Å². The van der Waals surface area contributed by atoms with Gasteiger partial charge in [-0.1, -0.05) is 20.8 Å². The van der Waals surface area contributed by atoms with Crippen LogP contribution in [0.1, 0.15) is 33.4 Å². The van der Waals surface area contributed by atoms with Crippen LogP contribution in [0, 0.1) is 5.41 Å². The van der Waals surface area contributed by atoms with Crippen LogP contribution in [0.2, 0.25) is 0 Å². The third-order valence-corrected chi connectivity index (χ3v) is 3.49. The zero-order valence-corrected chi connectivity index (χ0v) is 12.7. The van der Waals surface area contributed by atoms with Gasteiger partial charge in [-0.05, 0) is 18.4 Å². The summed E-state index contributed by atoms with van der Waals surface area (Å²) in [6.45, 7) is 7.97. The van der Waals surface area contributed by atoms with E-state index in [1.807, 2.05) is 40.1 Å². The van der Waals surface area contributed by atoms with Crippen LogP contribution in [0.25, 0.3) is 0 Å². The van der Waals surface area contributed by atoms with Gasteiger partial charge in [-0.2, -0.15) is 5.10 Å². The van der Waals surface area contributed by atoms with Crippen LogP contribution >= 0.6 is 0 Å². The average Bonchev–Trinajstić information content (AvgIpc) is 2.69. The van der Waals surface area contributed by atoms with E-state index >= 15 is 0 Å². The van der Waals surface area contributed by atoms with E-state index in [0.29, 0.717) is 6.54 Å². The normalized spacial score (nSPS) is 23.9. The highest BCUT2D eigenvalue weighted by Crippen LogP contribution is 2.28. The molecule has 110 valence electrons. The van der Waals surface area contributed by atoms with Crippen molar-refractivity contribution in [2.45, 2.75) is 46.3 Å². The fourth-order valence-corrected chi connectivity index (χ4v) is 2.62. The van der Waals surface area contributed by atoms with Gasteiger partial charge in [0.1, 0.15) is 12.1 Å². The number of amides is 2. The summed E-state index contributed by atoms with van der Waals surface area (Å²) < 4.78 is 1.69. The number of nitrogens with one attached hydrogen (secondary N) is 1. The molecule has 2 unspecified atom stereocenters. The molecule has 1 aliphatic rings. The largest absolute Gasteiger partial charge is 0.343 e. The lowest BCUT2D eigenvalue weighted by molar-refractivity contribution is -0.154. The highest BCUT2D eigenvalue weighted by molar-refractivity contribution is 5.97. The minimum Gasteiger partial charge on any atom is -0.343 e. The molecule has 1 N–H and O–H groups in total. The molecule has 0 radical (unpaired) electrons. The van der Waals surface area contributed by atoms with E-state index < -0.39 is 12.1 Å². The Hall–Kier alpha value is -1.85. The van der Waals surface area contributed by atoms with Crippen molar-refractivity contribution in [1.82, 2.24) is 20.0 Å². The van der Waals surface area contributed by atoms with E-state index in [1.54, 1.807) is 16.5 Å². The van der Waals surface area contributed by atoms with Gasteiger partial charge in [0, 0.05) is 13.2 Å². The molecule has 1 saturated heterocycles. The average molecular weight is 278 g/mol. The Balaban J connectivity index is 2.32. The Morgan fingerprint density at radius 1 is 1.35 bits per heavy atom. The van der Waals surface area contributed by atoms with Crippen molar-refractivity contribution < 1.29 is 9.59 Å². The number of hydrogen-bond donors (Lipinski definition) is 1. The number of carbonyl (C=O) groups excluding carboxylic acids is 2. The van der Waals surface area contributed by atoms with Crippen LogP contribution in [0.3, 0.4) is 0 Å². The zero-order valence-electron chi connectivity index (χ0n) is 12.7. The molecular weight excluding hydrogens is 256 g/mol. The third-order valence-electron chi connectivity index (χ3n) is 3.49. The predicted octanol–water partition coefficient (Wildman–Crippen LogP) is 0.682. The summed E-state index contributed by atoms with van der Waals surface area (Å²) in [5.74, 6) is -0.157. The van der Waals surface area contributed by atoms with Gasteiger partial charge in [0.15, 0.2) is 0 Å². The van der Waals surface area contributed by atoms with Crippen LogP contribution in [0.5, 0.6) is 0 Å². The minimum absolute atomic E-state index is 0.0600. The summed E-state index contributed by atoms with van der Waals surface area (Å²) in [5.41, 5.74) is 0.464. The van der Waals surface area contributed by atoms with E-state index in [-0.39, 0.29) is 17.2 Å². The quantitative estimate of drug-likeness (QED) is 0.865. The van der Waals surface area contributed by atoms with Crippen molar-refractivity contribution >= 4 is 11.8 Å². The van der Waals surface area contributed by atoms with Crippen molar-refractivity contribution in [2.75, 3.05) is 0 Å². The van der Waals surface area contributed by atoms with Crippen LogP contribution in [0.4, 0.5) is 0 Å². The third kappa shape index (κ3) is 2.69. The fourth-order valence-electron chi connectivity index (χ4n) is 2.62. The lowest BCUT2D eigenvalue weighted by Crippen LogP contribution is -2.65. The number of nitrogens with zero attached hydrogens (tertiary/aromatic N) is 3. The Labute approximate surface area is 119 Å². The molecule has 1 aliphatic heterocycles. The van der Waals surface area contributed by atoms with Gasteiger partial charge in [0.25, 0.3) is 0 Å². The molecule has 0 aromatic carbocycles. The molecule has 2 heterocycles. The summed E-state index contributed by atoms with van der Waals surface area (Å²) in [7, 11) is 1.83. The second-order valence-corrected chi connectivity index (χ2v) is 6.45. The molecule has 2 atom stereocenters. The lowest BCUT2D eigenvalue weighted by Gasteiger charge is -2.43. The maximum absolute atomic E-state index is 12.4. The van der Waals surface area contributed by atoms with Gasteiger partial charge in [-0.25, -0.2) is 0 Å². The minimum atomic E-state index is -0.482. The van der Waals surface area contributed by atoms with E-state index in [0.717, 1.165) is 5.69 Å². The molecule has 6 heteroatoms. The molecule has 0 bridgehead atoms. The van der Waals surface area contributed by atoms with Crippen molar-refractivity contribution in [1.29, 1.82) is 0 Å². The first-order valence-electron chi connectivity index (χ1n) is 6.79. The van der Waals surface area contributed by atoms with E-state index in [2.05, 4.69) is 10.4 Å². The maximum atomic E-state index is 12.4. The van der Waals surface area contributed by atoms with Crippen molar-refractivity contribution in [3.8, 4) is 0 Å². The lowest BCUT2D eigenvalue weighted by atomic mass is 9.83. The van der Waals surface area contributed by atoms with Crippen LogP contribution in [0.15, 0.2) is 12.3 Å². The summed E-state index contributed by atoms with van der Waals surface area (Å²) in [4.78, 5) is 26.3. The summed E-state index contributed by atoms with van der Waals surface area (Å²) >= 11 is 0. The molecule has 2 rings (SSSR count). The Morgan fingerprint density at radius 2 is 2.00 bits per heavy atom. The smallest absolute Gasteiger partial charge is 0.245 e. The molecule has 2 amide bonds. The van der Waals surface area contributed by atoms with Crippen LogP contribution < -0.4 is 5.32 Å². The summed E-state index contributed by atoms with van der Waals surface area (Å²) in [5, 5.41) is 7.05. The molecule has 20 heavy (non-hydrogen) atoms. The Morgan fingerprint density at radius 3 is 2.50 bits per heavy atom. The molecule has 0 aliphatic carbocycles. The molecule has 1 aromatic rings. The molecule has 1 fully saturated rings. The number of piperazine rings is 1. The number of carbonyl (C=O) groups is 2. The summed E-state index contributed by atoms with van der Waals surface area (Å²) in [6, 6.07) is 0.905. The first-order chi connectivity index (χ1) is 9.20. The van der Waals surface area contributed by atoms with E-state index in [4.69, 9.17) is 0 Å².